The third-order valence-corrected chi connectivity index (χ3v) is 6.58. The third-order valence-electron chi connectivity index (χ3n) is 6.58. The van der Waals surface area contributed by atoms with Crippen LogP contribution in [-0.4, -0.2) is 55.1 Å². The zero-order chi connectivity index (χ0) is 28.2. The number of benzene rings is 1. The molecule has 5 rings (SSSR count). The lowest BCUT2D eigenvalue weighted by molar-refractivity contribution is -0.192. The predicted octanol–water partition coefficient (Wildman–Crippen LogP) is 4.62. The summed E-state index contributed by atoms with van der Waals surface area (Å²) in [6, 6.07) is 12.6. The topological polar surface area (TPSA) is 148 Å². The van der Waals surface area contributed by atoms with E-state index in [-0.39, 0.29) is 12.0 Å². The van der Waals surface area contributed by atoms with E-state index < -0.39 is 12.1 Å². The summed E-state index contributed by atoms with van der Waals surface area (Å²) in [6.07, 6.45) is 3.41. The van der Waals surface area contributed by atoms with Gasteiger partial charge in [0.2, 0.25) is 0 Å². The summed E-state index contributed by atoms with van der Waals surface area (Å²) in [5.41, 5.74) is 5.20. The molecule has 4 aromatic rings. The Morgan fingerprint density at radius 2 is 2.05 bits per heavy atom. The molecule has 0 bridgehead atoms. The Labute approximate surface area is 220 Å². The summed E-state index contributed by atoms with van der Waals surface area (Å²) >= 11 is 0. The highest BCUT2D eigenvalue weighted by molar-refractivity contribution is 5.90. The van der Waals surface area contributed by atoms with Crippen LogP contribution in [0.4, 0.5) is 18.9 Å². The number of hydrogen-bond acceptors (Lipinski definition) is 7. The molecule has 4 heterocycles. The van der Waals surface area contributed by atoms with E-state index in [0.717, 1.165) is 58.6 Å². The van der Waals surface area contributed by atoms with Gasteiger partial charge >= 0.3 is 12.1 Å². The quantitative estimate of drug-likeness (QED) is 0.376. The van der Waals surface area contributed by atoms with E-state index in [1.165, 1.54) is 0 Å². The first-order valence-electron chi connectivity index (χ1n) is 11.9. The maximum atomic E-state index is 10.6. The molecule has 0 spiro atoms. The van der Waals surface area contributed by atoms with Gasteiger partial charge in [0, 0.05) is 42.4 Å². The fourth-order valence-electron chi connectivity index (χ4n) is 4.70. The second-order valence-corrected chi connectivity index (χ2v) is 8.98. The molecule has 13 heteroatoms. The summed E-state index contributed by atoms with van der Waals surface area (Å²) in [7, 11) is 0. The number of nitrogens with zero attached hydrogens (tertiary/aromatic N) is 7. The fraction of sp³-hybridized carbons (Fsp3) is 0.308. The number of rotatable bonds is 5. The van der Waals surface area contributed by atoms with E-state index in [1.807, 2.05) is 48.3 Å². The lowest BCUT2D eigenvalue weighted by Gasteiger charge is -2.24. The van der Waals surface area contributed by atoms with Crippen LogP contribution < -0.4 is 4.90 Å². The largest absolute Gasteiger partial charge is 0.490 e. The van der Waals surface area contributed by atoms with Gasteiger partial charge in [-0.1, -0.05) is 12.1 Å². The minimum absolute atomic E-state index is 0.0438. The highest BCUT2D eigenvalue weighted by atomic mass is 19.4. The Morgan fingerprint density at radius 1 is 1.28 bits per heavy atom. The molecule has 1 aliphatic rings. The minimum atomic E-state index is -5.08. The number of alkyl halides is 3. The van der Waals surface area contributed by atoms with Gasteiger partial charge in [-0.25, -0.2) is 14.8 Å². The third kappa shape index (κ3) is 5.83. The Hall–Kier alpha value is -4.91. The van der Waals surface area contributed by atoms with Crippen LogP contribution in [0.5, 0.6) is 0 Å². The molecule has 1 aromatic carbocycles. The number of hydrogen-bond donors (Lipinski definition) is 2. The van der Waals surface area contributed by atoms with Crippen molar-refractivity contribution < 1.29 is 23.1 Å². The number of carboxylic acid groups (broad SMARTS) is 1. The van der Waals surface area contributed by atoms with Gasteiger partial charge in [-0.3, -0.25) is 4.68 Å². The lowest BCUT2D eigenvalue weighted by atomic mass is 9.96. The zero-order valence-electron chi connectivity index (χ0n) is 20.7. The van der Waals surface area contributed by atoms with Crippen molar-refractivity contribution in [2.75, 3.05) is 18.0 Å². The van der Waals surface area contributed by atoms with Gasteiger partial charge in [0.25, 0.3) is 0 Å². The number of aromatic amines is 1. The Balaban J connectivity index is 0.000000448. The lowest BCUT2D eigenvalue weighted by Crippen LogP contribution is -2.25. The van der Waals surface area contributed by atoms with Gasteiger partial charge in [-0.15, -0.1) is 0 Å². The molecule has 1 saturated heterocycles. The molecule has 1 aliphatic heterocycles. The number of aromatic nitrogens is 5. The minimum Gasteiger partial charge on any atom is -0.475 e. The number of nitriles is 2. The van der Waals surface area contributed by atoms with Crippen LogP contribution in [-0.2, 0) is 4.79 Å². The molecule has 2 atom stereocenters. The normalized spacial score (nSPS) is 15.7. The molecule has 0 amide bonds. The molecule has 1 fully saturated rings. The molecule has 200 valence electrons. The summed E-state index contributed by atoms with van der Waals surface area (Å²) in [5.74, 6) is -2.50. The van der Waals surface area contributed by atoms with Crippen molar-refractivity contribution in [2.45, 2.75) is 32.0 Å². The van der Waals surface area contributed by atoms with Gasteiger partial charge in [0.1, 0.15) is 18.0 Å². The van der Waals surface area contributed by atoms with E-state index >= 15 is 0 Å². The van der Waals surface area contributed by atoms with E-state index in [0.29, 0.717) is 6.42 Å². The molecular weight excluding hydrogens is 513 g/mol. The van der Waals surface area contributed by atoms with Crippen LogP contribution in [0.1, 0.15) is 30.0 Å². The molecular formula is C26H23F3N8O2. The number of carbonyl (C=O) groups is 1. The molecule has 0 unspecified atom stereocenters. The van der Waals surface area contributed by atoms with Crippen molar-refractivity contribution in [3.8, 4) is 23.4 Å². The van der Waals surface area contributed by atoms with Crippen molar-refractivity contribution in [1.29, 1.82) is 10.5 Å². The molecule has 0 saturated carbocycles. The zero-order valence-corrected chi connectivity index (χ0v) is 20.7. The number of anilines is 1. The fourth-order valence-corrected chi connectivity index (χ4v) is 4.70. The number of nitrogens with one attached hydrogen (secondary N) is 1. The van der Waals surface area contributed by atoms with Gasteiger partial charge < -0.3 is 15.0 Å². The molecule has 10 nitrogen and oxygen atoms in total. The summed E-state index contributed by atoms with van der Waals surface area (Å²) in [5, 5.41) is 31.8. The van der Waals surface area contributed by atoms with E-state index in [1.54, 1.807) is 12.5 Å². The van der Waals surface area contributed by atoms with Crippen LogP contribution in [0.2, 0.25) is 0 Å². The first-order valence-corrected chi connectivity index (χ1v) is 11.9. The Kier molecular flexibility index (Phi) is 7.81. The number of carboxylic acids is 1. The highest BCUT2D eigenvalue weighted by Gasteiger charge is 2.38. The van der Waals surface area contributed by atoms with Gasteiger partial charge in [0.15, 0.2) is 0 Å². The van der Waals surface area contributed by atoms with E-state index in [4.69, 9.17) is 9.90 Å². The number of aryl methyl sites for hydroxylation is 1. The standard InChI is InChI=1S/C24H22N8.C2HF3O2/c1-16-3-2-4-22(20(16)11-26)31-10-7-17(13-31)21(5-8-25)32-14-18(12-30-32)23-19-6-9-27-24(19)29-15-28-23;3-2(4,5)1(6)7/h2-4,6,9,12,14-15,17,21H,5,7,10,13H2,1H3,(H,27,28,29);(H,6,7)/t17-,21-;/m0./s1. The van der Waals surface area contributed by atoms with Crippen molar-refractivity contribution >= 4 is 22.7 Å². The van der Waals surface area contributed by atoms with Crippen LogP contribution >= 0.6 is 0 Å². The second-order valence-electron chi connectivity index (χ2n) is 8.98. The highest BCUT2D eigenvalue weighted by Crippen LogP contribution is 2.35. The van der Waals surface area contributed by atoms with Crippen molar-refractivity contribution in [3.05, 3.63) is 60.3 Å². The van der Waals surface area contributed by atoms with Crippen LogP contribution in [0.15, 0.2) is 49.2 Å². The van der Waals surface area contributed by atoms with Crippen LogP contribution in [0.25, 0.3) is 22.3 Å². The van der Waals surface area contributed by atoms with Crippen LogP contribution in [0.3, 0.4) is 0 Å². The summed E-state index contributed by atoms with van der Waals surface area (Å²) < 4.78 is 33.6. The predicted molar refractivity (Wildman–Crippen MR) is 134 cm³/mol. The maximum absolute atomic E-state index is 10.6. The molecule has 0 aliphatic carbocycles. The van der Waals surface area contributed by atoms with Crippen molar-refractivity contribution in [1.82, 2.24) is 24.7 Å². The molecule has 3 aromatic heterocycles. The summed E-state index contributed by atoms with van der Waals surface area (Å²) in [4.78, 5) is 23.0. The van der Waals surface area contributed by atoms with E-state index in [2.05, 4.69) is 37.1 Å². The Morgan fingerprint density at radius 3 is 2.74 bits per heavy atom. The van der Waals surface area contributed by atoms with Gasteiger partial charge in [0.05, 0.1) is 41.7 Å². The van der Waals surface area contributed by atoms with Gasteiger partial charge in [-0.05, 0) is 31.0 Å². The average molecular weight is 537 g/mol. The first kappa shape index (κ1) is 27.1. The monoisotopic (exact) mass is 536 g/mol. The number of aliphatic carboxylic acids is 1. The molecule has 0 radical (unpaired) electrons. The van der Waals surface area contributed by atoms with E-state index in [9.17, 15) is 23.7 Å². The number of halogens is 3. The molecule has 39 heavy (non-hydrogen) atoms. The van der Waals surface area contributed by atoms with Crippen molar-refractivity contribution in [2.24, 2.45) is 5.92 Å². The Bertz CT molecular complexity index is 1560. The summed E-state index contributed by atoms with van der Waals surface area (Å²) in [6.45, 7) is 3.61. The van der Waals surface area contributed by atoms with Crippen LogP contribution in [0, 0.1) is 35.5 Å². The second kappa shape index (κ2) is 11.2. The van der Waals surface area contributed by atoms with Gasteiger partial charge in [-0.2, -0.15) is 28.8 Å². The smallest absolute Gasteiger partial charge is 0.475 e. The first-order chi connectivity index (χ1) is 18.6. The number of H-pyrrole nitrogens is 1. The SMILES string of the molecule is Cc1cccc(N2CC[C@H]([C@H](CC#N)n3cc(-c4ncnc5[nH]ccc45)cn3)C2)c1C#N.O=C(O)C(F)(F)F. The maximum Gasteiger partial charge on any atom is 0.490 e. The average Bonchev–Trinajstić information content (AvgIpc) is 3.68. The molecule has 2 N–H and O–H groups in total. The number of fused-ring (bicyclic) bond motifs is 1. The van der Waals surface area contributed by atoms with Crippen molar-refractivity contribution in [3.63, 3.8) is 0 Å².